The number of nitrogens with zero attached hydrogens (tertiary/aromatic N) is 2. The molecule has 0 spiro atoms. The van der Waals surface area contributed by atoms with Crippen LogP contribution in [0, 0.1) is 0 Å². The predicted octanol–water partition coefficient (Wildman–Crippen LogP) is 3.11. The van der Waals surface area contributed by atoms with E-state index in [4.69, 9.17) is 0 Å². The fraction of sp³-hybridized carbons (Fsp3) is 1.00. The summed E-state index contributed by atoms with van der Waals surface area (Å²) in [6.07, 6.45) is 11.2. The molecule has 1 saturated carbocycles. The lowest BCUT2D eigenvalue weighted by molar-refractivity contribution is 0.0966. The van der Waals surface area contributed by atoms with Crippen molar-refractivity contribution in [3.05, 3.63) is 0 Å². The topological polar surface area (TPSA) is 18.5 Å². The molecule has 1 saturated heterocycles. The van der Waals surface area contributed by atoms with E-state index >= 15 is 0 Å². The molecule has 1 heterocycles. The SMILES string of the molecule is CCCNC(C)CCCCN1CCN(C2CCCC2)CC1. The highest BCUT2D eigenvalue weighted by Crippen LogP contribution is 2.24. The second kappa shape index (κ2) is 9.81. The zero-order valence-electron chi connectivity index (χ0n) is 14.4. The van der Waals surface area contributed by atoms with Gasteiger partial charge in [-0.3, -0.25) is 4.90 Å². The number of rotatable bonds is 9. The standard InChI is InChI=1S/C18H37N3/c1-3-11-19-17(2)8-6-7-12-20-13-15-21(16-14-20)18-9-4-5-10-18/h17-19H,3-16H2,1-2H3. The smallest absolute Gasteiger partial charge is 0.0113 e. The van der Waals surface area contributed by atoms with E-state index in [0.717, 1.165) is 6.04 Å². The highest BCUT2D eigenvalue weighted by molar-refractivity contribution is 4.81. The molecule has 0 bridgehead atoms. The normalized spacial score (nSPS) is 23.7. The molecule has 2 rings (SSSR count). The number of piperazine rings is 1. The molecular formula is C18H37N3. The van der Waals surface area contributed by atoms with Crippen LogP contribution in [0.3, 0.4) is 0 Å². The molecule has 0 amide bonds. The Bertz CT molecular complexity index is 255. The molecule has 1 N–H and O–H groups in total. The molecule has 3 heteroatoms. The summed E-state index contributed by atoms with van der Waals surface area (Å²) < 4.78 is 0. The number of unbranched alkanes of at least 4 members (excludes halogenated alkanes) is 1. The van der Waals surface area contributed by atoms with Crippen molar-refractivity contribution >= 4 is 0 Å². The third kappa shape index (κ3) is 6.25. The van der Waals surface area contributed by atoms with Crippen LogP contribution in [0.25, 0.3) is 0 Å². The van der Waals surface area contributed by atoms with Gasteiger partial charge in [0.1, 0.15) is 0 Å². The Morgan fingerprint density at radius 3 is 2.43 bits per heavy atom. The van der Waals surface area contributed by atoms with E-state index < -0.39 is 0 Å². The average molecular weight is 296 g/mol. The van der Waals surface area contributed by atoms with E-state index in [2.05, 4.69) is 29.0 Å². The van der Waals surface area contributed by atoms with Crippen LogP contribution in [-0.4, -0.2) is 61.2 Å². The van der Waals surface area contributed by atoms with Crippen LogP contribution in [0.2, 0.25) is 0 Å². The van der Waals surface area contributed by atoms with Gasteiger partial charge in [0.25, 0.3) is 0 Å². The molecule has 21 heavy (non-hydrogen) atoms. The van der Waals surface area contributed by atoms with Gasteiger partial charge < -0.3 is 10.2 Å². The van der Waals surface area contributed by atoms with Crippen LogP contribution in [0.15, 0.2) is 0 Å². The van der Waals surface area contributed by atoms with Gasteiger partial charge in [0.05, 0.1) is 0 Å². The zero-order valence-corrected chi connectivity index (χ0v) is 14.4. The van der Waals surface area contributed by atoms with E-state index in [-0.39, 0.29) is 0 Å². The minimum absolute atomic E-state index is 0.698. The fourth-order valence-corrected chi connectivity index (χ4v) is 3.90. The van der Waals surface area contributed by atoms with Crippen LogP contribution in [0.1, 0.15) is 65.2 Å². The lowest BCUT2D eigenvalue weighted by atomic mass is 10.1. The molecule has 0 aromatic heterocycles. The van der Waals surface area contributed by atoms with Gasteiger partial charge >= 0.3 is 0 Å². The number of hydrogen-bond donors (Lipinski definition) is 1. The summed E-state index contributed by atoms with van der Waals surface area (Å²) in [5.41, 5.74) is 0. The maximum atomic E-state index is 3.59. The number of hydrogen-bond acceptors (Lipinski definition) is 3. The van der Waals surface area contributed by atoms with Gasteiger partial charge in [-0.1, -0.05) is 26.2 Å². The Labute approximate surface area is 132 Å². The molecule has 124 valence electrons. The molecule has 2 fully saturated rings. The summed E-state index contributed by atoms with van der Waals surface area (Å²) in [6.45, 7) is 12.3. The lowest BCUT2D eigenvalue weighted by Gasteiger charge is -2.38. The predicted molar refractivity (Wildman–Crippen MR) is 91.9 cm³/mol. The molecule has 1 unspecified atom stereocenters. The van der Waals surface area contributed by atoms with E-state index in [0.29, 0.717) is 6.04 Å². The number of nitrogens with one attached hydrogen (secondary N) is 1. The Kier molecular flexibility index (Phi) is 8.05. The summed E-state index contributed by atoms with van der Waals surface area (Å²) in [4.78, 5) is 5.45. The van der Waals surface area contributed by atoms with E-state index in [1.165, 1.54) is 90.6 Å². The molecule has 1 atom stereocenters. The van der Waals surface area contributed by atoms with E-state index in [1.807, 2.05) is 0 Å². The van der Waals surface area contributed by atoms with Gasteiger partial charge in [-0.2, -0.15) is 0 Å². The van der Waals surface area contributed by atoms with E-state index in [9.17, 15) is 0 Å². The zero-order chi connectivity index (χ0) is 14.9. The summed E-state index contributed by atoms with van der Waals surface area (Å²) in [6, 6.07) is 1.63. The van der Waals surface area contributed by atoms with E-state index in [1.54, 1.807) is 0 Å². The summed E-state index contributed by atoms with van der Waals surface area (Å²) in [5, 5.41) is 3.59. The van der Waals surface area contributed by atoms with Gasteiger partial charge in [-0.05, 0) is 52.1 Å². The lowest BCUT2D eigenvalue weighted by Crippen LogP contribution is -2.49. The van der Waals surface area contributed by atoms with Crippen LogP contribution < -0.4 is 5.32 Å². The van der Waals surface area contributed by atoms with Crippen molar-refractivity contribution in [3.8, 4) is 0 Å². The first-order chi connectivity index (χ1) is 10.3. The average Bonchev–Trinajstić information content (AvgIpc) is 3.04. The Morgan fingerprint density at radius 1 is 1.05 bits per heavy atom. The fourth-order valence-electron chi connectivity index (χ4n) is 3.90. The van der Waals surface area contributed by atoms with Gasteiger partial charge in [0.15, 0.2) is 0 Å². The minimum Gasteiger partial charge on any atom is -0.314 e. The largest absolute Gasteiger partial charge is 0.314 e. The Morgan fingerprint density at radius 2 is 1.76 bits per heavy atom. The molecule has 3 nitrogen and oxygen atoms in total. The van der Waals surface area contributed by atoms with Crippen LogP contribution in [0.5, 0.6) is 0 Å². The first kappa shape index (κ1) is 17.2. The van der Waals surface area contributed by atoms with Crippen molar-refractivity contribution in [3.63, 3.8) is 0 Å². The highest BCUT2D eigenvalue weighted by Gasteiger charge is 2.25. The first-order valence-electron chi connectivity index (χ1n) is 9.49. The summed E-state index contributed by atoms with van der Waals surface area (Å²) >= 11 is 0. The van der Waals surface area contributed by atoms with Crippen molar-refractivity contribution in [1.29, 1.82) is 0 Å². The van der Waals surface area contributed by atoms with Crippen molar-refractivity contribution in [2.24, 2.45) is 0 Å². The Hall–Kier alpha value is -0.120. The van der Waals surface area contributed by atoms with Gasteiger partial charge in [-0.25, -0.2) is 0 Å². The Balaban J connectivity index is 1.49. The van der Waals surface area contributed by atoms with Crippen LogP contribution in [-0.2, 0) is 0 Å². The monoisotopic (exact) mass is 295 g/mol. The molecule has 1 aliphatic carbocycles. The quantitative estimate of drug-likeness (QED) is 0.659. The summed E-state index contributed by atoms with van der Waals surface area (Å²) in [5.74, 6) is 0. The molecule has 0 aromatic rings. The second-order valence-corrected chi connectivity index (χ2v) is 7.17. The first-order valence-corrected chi connectivity index (χ1v) is 9.49. The van der Waals surface area contributed by atoms with Crippen molar-refractivity contribution in [2.45, 2.75) is 77.3 Å². The van der Waals surface area contributed by atoms with Crippen LogP contribution in [0.4, 0.5) is 0 Å². The maximum absolute atomic E-state index is 3.59. The van der Waals surface area contributed by atoms with Gasteiger partial charge in [0, 0.05) is 38.3 Å². The third-order valence-electron chi connectivity index (χ3n) is 5.35. The third-order valence-corrected chi connectivity index (χ3v) is 5.35. The maximum Gasteiger partial charge on any atom is 0.0113 e. The molecule has 2 aliphatic rings. The summed E-state index contributed by atoms with van der Waals surface area (Å²) in [7, 11) is 0. The molecule has 0 radical (unpaired) electrons. The van der Waals surface area contributed by atoms with Crippen molar-refractivity contribution in [2.75, 3.05) is 39.3 Å². The minimum atomic E-state index is 0.698. The second-order valence-electron chi connectivity index (χ2n) is 7.17. The van der Waals surface area contributed by atoms with Crippen molar-refractivity contribution < 1.29 is 0 Å². The molecular weight excluding hydrogens is 258 g/mol. The highest BCUT2D eigenvalue weighted by atomic mass is 15.3. The van der Waals surface area contributed by atoms with Gasteiger partial charge in [0.2, 0.25) is 0 Å². The molecule has 0 aromatic carbocycles. The van der Waals surface area contributed by atoms with Gasteiger partial charge in [-0.15, -0.1) is 0 Å². The van der Waals surface area contributed by atoms with Crippen LogP contribution >= 0.6 is 0 Å². The van der Waals surface area contributed by atoms with Crippen molar-refractivity contribution in [1.82, 2.24) is 15.1 Å². The molecule has 1 aliphatic heterocycles.